The minimum atomic E-state index is -2.02. The molecule has 9 heteroatoms. The van der Waals surface area contributed by atoms with Gasteiger partial charge in [0.25, 0.3) is 0 Å². The number of nitrogens with one attached hydrogen (secondary N) is 1. The predicted octanol–water partition coefficient (Wildman–Crippen LogP) is 1.05. The molecule has 2 heterocycles. The Bertz CT molecular complexity index is 914. The van der Waals surface area contributed by atoms with Crippen LogP contribution < -0.4 is 10.1 Å². The van der Waals surface area contributed by atoms with Crippen molar-refractivity contribution >= 4 is 24.2 Å². The molecule has 3 aromatic rings. The monoisotopic (exact) mass is 370 g/mol. The maximum Gasteiger partial charge on any atom is 0.635 e. The van der Waals surface area contributed by atoms with Crippen LogP contribution in [-0.4, -0.2) is 41.6 Å². The number of nitrogens with zero attached hydrogens (tertiary/aromatic N) is 1. The smallest absolute Gasteiger partial charge is 0.481 e. The topological polar surface area (TPSA) is 114 Å². The first kappa shape index (κ1) is 18.9. The fourth-order valence-electron chi connectivity index (χ4n) is 2.74. The van der Waals surface area contributed by atoms with Gasteiger partial charge in [-0.25, -0.2) is 4.98 Å². The standard InChI is InChI=1S/C18H19BN2O6/c1-25-17-8-4-5-13(20-17)10-16(22)21-18(27-19(23)24)9-12-11-26-15-7-3-2-6-14(12)15/h2-8,11,18,23-24H,9-10H2,1H3,(H,21,22)/t18-/m1/s1. The number of ether oxygens (including phenoxy) is 1. The molecule has 27 heavy (non-hydrogen) atoms. The van der Waals surface area contributed by atoms with Crippen molar-refractivity contribution in [1.82, 2.24) is 10.3 Å². The third-order valence-corrected chi connectivity index (χ3v) is 3.91. The zero-order valence-corrected chi connectivity index (χ0v) is 14.7. The molecule has 0 fully saturated rings. The van der Waals surface area contributed by atoms with Crippen molar-refractivity contribution in [2.45, 2.75) is 19.1 Å². The van der Waals surface area contributed by atoms with E-state index in [1.165, 1.54) is 7.11 Å². The van der Waals surface area contributed by atoms with E-state index in [0.717, 1.165) is 10.9 Å². The van der Waals surface area contributed by atoms with Gasteiger partial charge in [0.1, 0.15) is 11.8 Å². The van der Waals surface area contributed by atoms with Crippen molar-refractivity contribution in [2.75, 3.05) is 7.11 Å². The minimum Gasteiger partial charge on any atom is -0.481 e. The summed E-state index contributed by atoms with van der Waals surface area (Å²) in [5.41, 5.74) is 1.99. The van der Waals surface area contributed by atoms with Gasteiger partial charge in [0.05, 0.1) is 25.5 Å². The number of benzene rings is 1. The number of rotatable bonds is 8. The van der Waals surface area contributed by atoms with Gasteiger partial charge in [-0.15, -0.1) is 0 Å². The quantitative estimate of drug-likeness (QED) is 0.401. The summed E-state index contributed by atoms with van der Waals surface area (Å²) in [6.07, 6.45) is 0.793. The molecule has 0 unspecified atom stereocenters. The van der Waals surface area contributed by atoms with Gasteiger partial charge < -0.3 is 29.2 Å². The van der Waals surface area contributed by atoms with Crippen LogP contribution in [0.1, 0.15) is 11.3 Å². The van der Waals surface area contributed by atoms with Crippen molar-refractivity contribution < 1.29 is 28.7 Å². The van der Waals surface area contributed by atoms with Crippen molar-refractivity contribution in [3.8, 4) is 5.88 Å². The number of carbonyl (C=O) groups excluding carboxylic acids is 1. The van der Waals surface area contributed by atoms with Crippen molar-refractivity contribution in [3.05, 3.63) is 60.0 Å². The van der Waals surface area contributed by atoms with Crippen molar-refractivity contribution in [1.29, 1.82) is 0 Å². The second-order valence-electron chi connectivity index (χ2n) is 5.83. The van der Waals surface area contributed by atoms with E-state index in [2.05, 4.69) is 10.3 Å². The zero-order chi connectivity index (χ0) is 19.2. The molecular formula is C18H19BN2O6. The SMILES string of the molecule is COc1cccc(CC(=O)N[C@@H](Cc2coc3ccccc23)OB(O)O)n1. The van der Waals surface area contributed by atoms with E-state index in [-0.39, 0.29) is 18.7 Å². The molecule has 0 saturated carbocycles. The van der Waals surface area contributed by atoms with Gasteiger partial charge >= 0.3 is 7.32 Å². The van der Waals surface area contributed by atoms with Crippen LogP contribution in [0.25, 0.3) is 11.0 Å². The van der Waals surface area contributed by atoms with Gasteiger partial charge in [0, 0.05) is 23.4 Å². The molecule has 2 aromatic heterocycles. The number of pyridine rings is 1. The summed E-state index contributed by atoms with van der Waals surface area (Å²) in [6, 6.07) is 12.5. The maximum absolute atomic E-state index is 12.3. The van der Waals surface area contributed by atoms with Crippen LogP contribution in [0.4, 0.5) is 0 Å². The summed E-state index contributed by atoms with van der Waals surface area (Å²) >= 11 is 0. The first-order chi connectivity index (χ1) is 13.0. The second kappa shape index (κ2) is 8.67. The Kier molecular flexibility index (Phi) is 6.07. The van der Waals surface area contributed by atoms with E-state index in [4.69, 9.17) is 23.9 Å². The molecule has 8 nitrogen and oxygen atoms in total. The van der Waals surface area contributed by atoms with E-state index >= 15 is 0 Å². The molecular weight excluding hydrogens is 351 g/mol. The van der Waals surface area contributed by atoms with Gasteiger partial charge in [-0.05, 0) is 12.1 Å². The molecule has 0 saturated heterocycles. The van der Waals surface area contributed by atoms with Crippen molar-refractivity contribution in [2.24, 2.45) is 0 Å². The normalized spacial score (nSPS) is 12.0. The third-order valence-electron chi connectivity index (χ3n) is 3.91. The Labute approximate surface area is 155 Å². The van der Waals surface area contributed by atoms with Crippen LogP contribution in [0.15, 0.2) is 53.1 Å². The molecule has 140 valence electrons. The number of fused-ring (bicyclic) bond motifs is 1. The van der Waals surface area contributed by atoms with E-state index in [0.29, 0.717) is 17.2 Å². The summed E-state index contributed by atoms with van der Waals surface area (Å²) in [5, 5.41) is 21.8. The van der Waals surface area contributed by atoms with Gasteiger partial charge in [-0.2, -0.15) is 0 Å². The lowest BCUT2D eigenvalue weighted by molar-refractivity contribution is -0.123. The Morgan fingerprint density at radius 1 is 1.26 bits per heavy atom. The Morgan fingerprint density at radius 3 is 2.85 bits per heavy atom. The van der Waals surface area contributed by atoms with E-state index < -0.39 is 13.5 Å². The Balaban J connectivity index is 1.69. The van der Waals surface area contributed by atoms with Crippen molar-refractivity contribution in [3.63, 3.8) is 0 Å². The highest BCUT2D eigenvalue weighted by Gasteiger charge is 2.22. The highest BCUT2D eigenvalue weighted by atomic mass is 16.6. The lowest BCUT2D eigenvalue weighted by Gasteiger charge is -2.19. The lowest BCUT2D eigenvalue weighted by Crippen LogP contribution is -2.43. The number of amides is 1. The van der Waals surface area contributed by atoms with Gasteiger partial charge in [-0.1, -0.05) is 24.3 Å². The van der Waals surface area contributed by atoms with Crippen LogP contribution in [0.5, 0.6) is 5.88 Å². The van der Waals surface area contributed by atoms with E-state index in [9.17, 15) is 4.79 Å². The summed E-state index contributed by atoms with van der Waals surface area (Å²) < 4.78 is 15.5. The fourth-order valence-corrected chi connectivity index (χ4v) is 2.74. The van der Waals surface area contributed by atoms with Crippen LogP contribution in [0, 0.1) is 0 Å². The summed E-state index contributed by atoms with van der Waals surface area (Å²) in [5.74, 6) is 0.0259. The number of furan rings is 1. The molecule has 3 rings (SSSR count). The maximum atomic E-state index is 12.3. The first-order valence-corrected chi connectivity index (χ1v) is 8.31. The van der Waals surface area contributed by atoms with E-state index in [1.807, 2.05) is 24.3 Å². The Hall–Kier alpha value is -2.88. The second-order valence-corrected chi connectivity index (χ2v) is 5.83. The van der Waals surface area contributed by atoms with E-state index in [1.54, 1.807) is 24.5 Å². The molecule has 0 bridgehead atoms. The number of para-hydroxylation sites is 1. The first-order valence-electron chi connectivity index (χ1n) is 8.31. The zero-order valence-electron chi connectivity index (χ0n) is 14.7. The number of hydrogen-bond acceptors (Lipinski definition) is 7. The third kappa shape index (κ3) is 5.07. The number of carbonyl (C=O) groups is 1. The predicted molar refractivity (Wildman–Crippen MR) is 97.6 cm³/mol. The lowest BCUT2D eigenvalue weighted by atomic mass is 10.1. The highest BCUT2D eigenvalue weighted by molar-refractivity contribution is 6.32. The molecule has 1 atom stereocenters. The number of methoxy groups -OCH3 is 1. The van der Waals surface area contributed by atoms with Crippen LogP contribution in [0.3, 0.4) is 0 Å². The van der Waals surface area contributed by atoms with Crippen LogP contribution in [0.2, 0.25) is 0 Å². The average Bonchev–Trinajstić information content (AvgIpc) is 3.04. The highest BCUT2D eigenvalue weighted by Crippen LogP contribution is 2.22. The van der Waals surface area contributed by atoms with Crippen LogP contribution >= 0.6 is 0 Å². The number of hydrogen-bond donors (Lipinski definition) is 3. The molecule has 0 spiro atoms. The molecule has 0 aliphatic heterocycles. The molecule has 0 radical (unpaired) electrons. The Morgan fingerprint density at radius 2 is 2.07 bits per heavy atom. The summed E-state index contributed by atoms with van der Waals surface area (Å²) in [6.45, 7) is 0. The number of aromatic nitrogens is 1. The van der Waals surface area contributed by atoms with Gasteiger partial charge in [-0.3, -0.25) is 4.79 Å². The average molecular weight is 370 g/mol. The van der Waals surface area contributed by atoms with Gasteiger partial charge in [0.2, 0.25) is 11.8 Å². The molecule has 0 aliphatic carbocycles. The van der Waals surface area contributed by atoms with Crippen LogP contribution in [-0.2, 0) is 22.3 Å². The summed E-state index contributed by atoms with van der Waals surface area (Å²) in [7, 11) is -0.531. The van der Waals surface area contributed by atoms with Gasteiger partial charge in [0.15, 0.2) is 0 Å². The summed E-state index contributed by atoms with van der Waals surface area (Å²) in [4.78, 5) is 16.5. The molecule has 1 amide bonds. The fraction of sp³-hybridized carbons (Fsp3) is 0.222. The minimum absolute atomic E-state index is 0.00921. The molecule has 0 aliphatic rings. The molecule has 3 N–H and O–H groups in total. The molecule has 1 aromatic carbocycles. The largest absolute Gasteiger partial charge is 0.635 e.